The molecule has 0 aromatic carbocycles. The van der Waals surface area contributed by atoms with Crippen molar-refractivity contribution < 1.29 is 19.1 Å². The van der Waals surface area contributed by atoms with Gasteiger partial charge in [-0.25, -0.2) is 4.79 Å². The van der Waals surface area contributed by atoms with Crippen LogP contribution in [0.4, 0.5) is 0 Å². The molecule has 0 fully saturated rings. The summed E-state index contributed by atoms with van der Waals surface area (Å²) < 4.78 is 9.35. The van der Waals surface area contributed by atoms with Crippen molar-refractivity contribution in [2.45, 2.75) is 27.2 Å². The van der Waals surface area contributed by atoms with Crippen LogP contribution in [0.2, 0.25) is 0 Å². The lowest BCUT2D eigenvalue weighted by Crippen LogP contribution is -2.24. The van der Waals surface area contributed by atoms with Crippen molar-refractivity contribution in [3.8, 4) is 0 Å². The second-order valence-electron chi connectivity index (χ2n) is 3.88. The molecule has 4 heteroatoms. The molecule has 16 heavy (non-hydrogen) atoms. The van der Waals surface area contributed by atoms with E-state index in [-0.39, 0.29) is 17.8 Å². The highest BCUT2D eigenvalue weighted by Crippen LogP contribution is 2.22. The zero-order valence-corrected chi connectivity index (χ0v) is 10.6. The Balaban J connectivity index is 4.74. The highest BCUT2D eigenvalue weighted by atomic mass is 16.5. The summed E-state index contributed by atoms with van der Waals surface area (Å²) in [5, 5.41) is 0. The summed E-state index contributed by atoms with van der Waals surface area (Å²) >= 11 is 0. The first kappa shape index (κ1) is 14.7. The molecule has 0 heterocycles. The highest BCUT2D eigenvalue weighted by Gasteiger charge is 2.26. The molecule has 0 bridgehead atoms. The largest absolute Gasteiger partial charge is 0.469 e. The van der Waals surface area contributed by atoms with E-state index in [9.17, 15) is 9.59 Å². The molecule has 92 valence electrons. The molecular weight excluding hydrogens is 208 g/mol. The van der Waals surface area contributed by atoms with Gasteiger partial charge in [-0.1, -0.05) is 19.9 Å². The maximum Gasteiger partial charge on any atom is 0.333 e. The van der Waals surface area contributed by atoms with Crippen LogP contribution in [0.5, 0.6) is 0 Å². The molecule has 1 atom stereocenters. The van der Waals surface area contributed by atoms with Crippen LogP contribution in [-0.2, 0) is 19.1 Å². The van der Waals surface area contributed by atoms with E-state index in [0.717, 1.165) is 0 Å². The fourth-order valence-electron chi connectivity index (χ4n) is 1.43. The summed E-state index contributed by atoms with van der Waals surface area (Å²) in [6, 6.07) is 0. The predicted octanol–water partition coefficient (Wildman–Crippen LogP) is 1.94. The first-order chi connectivity index (χ1) is 7.47. The average molecular weight is 228 g/mol. The van der Waals surface area contributed by atoms with Crippen molar-refractivity contribution in [1.82, 2.24) is 0 Å². The maximum absolute atomic E-state index is 11.5. The van der Waals surface area contributed by atoms with E-state index >= 15 is 0 Å². The smallest absolute Gasteiger partial charge is 0.333 e. The fourth-order valence-corrected chi connectivity index (χ4v) is 1.43. The second-order valence-corrected chi connectivity index (χ2v) is 3.88. The van der Waals surface area contributed by atoms with Crippen molar-refractivity contribution in [3.63, 3.8) is 0 Å². The molecule has 0 N–H and O–H groups in total. The van der Waals surface area contributed by atoms with Gasteiger partial charge in [-0.15, -0.1) is 0 Å². The van der Waals surface area contributed by atoms with Crippen molar-refractivity contribution >= 4 is 11.9 Å². The van der Waals surface area contributed by atoms with Crippen molar-refractivity contribution in [1.29, 1.82) is 0 Å². The SMILES string of the molecule is C/C=C(/CC(C(=O)OC)C(C)C)C(=O)OC. The molecule has 0 saturated carbocycles. The van der Waals surface area contributed by atoms with Crippen LogP contribution in [0.1, 0.15) is 27.2 Å². The Kier molecular flexibility index (Phi) is 6.46. The van der Waals surface area contributed by atoms with Crippen LogP contribution in [0.15, 0.2) is 11.6 Å². The van der Waals surface area contributed by atoms with Gasteiger partial charge in [0.25, 0.3) is 0 Å². The number of methoxy groups -OCH3 is 2. The zero-order valence-electron chi connectivity index (χ0n) is 10.6. The Morgan fingerprint density at radius 1 is 1.19 bits per heavy atom. The van der Waals surface area contributed by atoms with Gasteiger partial charge in [0.2, 0.25) is 0 Å². The molecule has 0 aliphatic heterocycles. The number of allylic oxidation sites excluding steroid dienone is 1. The topological polar surface area (TPSA) is 52.6 Å². The van der Waals surface area contributed by atoms with Crippen LogP contribution < -0.4 is 0 Å². The molecule has 1 unspecified atom stereocenters. The van der Waals surface area contributed by atoms with E-state index in [1.807, 2.05) is 13.8 Å². The molecule has 0 amide bonds. The second kappa shape index (κ2) is 7.04. The molecule has 0 saturated heterocycles. The molecule has 0 aromatic heterocycles. The van der Waals surface area contributed by atoms with Gasteiger partial charge in [0.15, 0.2) is 0 Å². The summed E-state index contributed by atoms with van der Waals surface area (Å²) in [6.07, 6.45) is 2.03. The van der Waals surface area contributed by atoms with Gasteiger partial charge in [0.1, 0.15) is 0 Å². The number of ether oxygens (including phenoxy) is 2. The van der Waals surface area contributed by atoms with Gasteiger partial charge in [-0.3, -0.25) is 4.79 Å². The minimum Gasteiger partial charge on any atom is -0.469 e. The summed E-state index contributed by atoms with van der Waals surface area (Å²) in [4.78, 5) is 22.9. The maximum atomic E-state index is 11.5. The zero-order chi connectivity index (χ0) is 12.7. The van der Waals surface area contributed by atoms with Gasteiger partial charge in [-0.05, 0) is 19.3 Å². The first-order valence-electron chi connectivity index (χ1n) is 5.29. The lowest BCUT2D eigenvalue weighted by Gasteiger charge is -2.18. The summed E-state index contributed by atoms with van der Waals surface area (Å²) in [6.45, 7) is 5.60. The van der Waals surface area contributed by atoms with Crippen LogP contribution in [0.3, 0.4) is 0 Å². The first-order valence-corrected chi connectivity index (χ1v) is 5.29. The third kappa shape index (κ3) is 4.04. The molecule has 0 aliphatic carbocycles. The summed E-state index contributed by atoms with van der Waals surface area (Å²) in [5.74, 6) is -0.877. The summed E-state index contributed by atoms with van der Waals surface area (Å²) in [7, 11) is 2.68. The minimum absolute atomic E-state index is 0.118. The molecule has 0 spiro atoms. The van der Waals surface area contributed by atoms with E-state index < -0.39 is 5.97 Å². The molecular formula is C12H20O4. The van der Waals surface area contributed by atoms with Gasteiger partial charge in [0, 0.05) is 5.57 Å². The minimum atomic E-state index is -0.392. The van der Waals surface area contributed by atoms with E-state index in [2.05, 4.69) is 4.74 Å². The fraction of sp³-hybridized carbons (Fsp3) is 0.667. The van der Waals surface area contributed by atoms with Crippen LogP contribution in [0.25, 0.3) is 0 Å². The average Bonchev–Trinajstić information content (AvgIpc) is 2.28. The van der Waals surface area contributed by atoms with Gasteiger partial charge >= 0.3 is 11.9 Å². The van der Waals surface area contributed by atoms with Crippen molar-refractivity contribution in [2.75, 3.05) is 14.2 Å². The number of carbonyl (C=O) groups is 2. The van der Waals surface area contributed by atoms with E-state index in [4.69, 9.17) is 4.74 Å². The predicted molar refractivity (Wildman–Crippen MR) is 60.7 cm³/mol. The lowest BCUT2D eigenvalue weighted by atomic mass is 9.89. The number of carbonyl (C=O) groups excluding carboxylic acids is 2. The van der Waals surface area contributed by atoms with Gasteiger partial charge in [-0.2, -0.15) is 0 Å². The molecule has 4 nitrogen and oxygen atoms in total. The van der Waals surface area contributed by atoms with E-state index in [0.29, 0.717) is 12.0 Å². The Labute approximate surface area is 96.6 Å². The number of hydrogen-bond donors (Lipinski definition) is 0. The Morgan fingerprint density at radius 3 is 2.06 bits per heavy atom. The quantitative estimate of drug-likeness (QED) is 0.533. The van der Waals surface area contributed by atoms with E-state index in [1.165, 1.54) is 14.2 Å². The Hall–Kier alpha value is -1.32. The van der Waals surface area contributed by atoms with Crippen LogP contribution in [0, 0.1) is 11.8 Å². The Morgan fingerprint density at radius 2 is 1.75 bits per heavy atom. The van der Waals surface area contributed by atoms with Gasteiger partial charge in [0.05, 0.1) is 20.1 Å². The normalized spacial score (nSPS) is 13.5. The molecule has 0 radical (unpaired) electrons. The van der Waals surface area contributed by atoms with Crippen molar-refractivity contribution in [2.24, 2.45) is 11.8 Å². The summed E-state index contributed by atoms with van der Waals surface area (Å²) in [5.41, 5.74) is 0.506. The number of hydrogen-bond acceptors (Lipinski definition) is 4. The lowest BCUT2D eigenvalue weighted by molar-refractivity contribution is -0.147. The standard InChI is InChI=1S/C12H20O4/c1-6-9(11(13)15-4)7-10(8(2)3)12(14)16-5/h6,8,10H,7H2,1-5H3/b9-6-. The van der Waals surface area contributed by atoms with E-state index in [1.54, 1.807) is 13.0 Å². The van der Waals surface area contributed by atoms with Crippen LogP contribution in [-0.4, -0.2) is 26.2 Å². The molecule has 0 aromatic rings. The third-order valence-electron chi connectivity index (χ3n) is 2.54. The van der Waals surface area contributed by atoms with Crippen LogP contribution >= 0.6 is 0 Å². The number of esters is 2. The molecule has 0 aliphatic rings. The third-order valence-corrected chi connectivity index (χ3v) is 2.54. The van der Waals surface area contributed by atoms with Gasteiger partial charge < -0.3 is 9.47 Å². The monoisotopic (exact) mass is 228 g/mol. The van der Waals surface area contributed by atoms with Crippen molar-refractivity contribution in [3.05, 3.63) is 11.6 Å². The Bertz CT molecular complexity index is 279. The highest BCUT2D eigenvalue weighted by molar-refractivity contribution is 5.89. The number of rotatable bonds is 5. The molecule has 0 rings (SSSR count).